The van der Waals surface area contributed by atoms with Crippen LogP contribution in [0.25, 0.3) is 0 Å². The zero-order valence-corrected chi connectivity index (χ0v) is 11.0. The number of nitrogens with zero attached hydrogens (tertiary/aromatic N) is 1. The van der Waals surface area contributed by atoms with E-state index in [0.717, 1.165) is 38.8 Å². The van der Waals surface area contributed by atoms with Crippen molar-refractivity contribution in [3.05, 3.63) is 0 Å². The fourth-order valence-corrected chi connectivity index (χ4v) is 3.14. The van der Waals surface area contributed by atoms with Crippen LogP contribution >= 0.6 is 0 Å². The summed E-state index contributed by atoms with van der Waals surface area (Å²) in [6.07, 6.45) is 4.17. The minimum atomic E-state index is -0.309. The molecule has 2 aliphatic rings. The van der Waals surface area contributed by atoms with Gasteiger partial charge < -0.3 is 16.0 Å². The summed E-state index contributed by atoms with van der Waals surface area (Å²) in [5.74, 6) is 0.659. The highest BCUT2D eigenvalue weighted by Crippen LogP contribution is 2.28. The predicted molar refractivity (Wildman–Crippen MR) is 68.6 cm³/mol. The first-order valence-corrected chi connectivity index (χ1v) is 6.88. The van der Waals surface area contributed by atoms with Gasteiger partial charge in [0.25, 0.3) is 0 Å². The maximum Gasteiger partial charge on any atom is 0.240 e. The lowest BCUT2D eigenvalue weighted by atomic mass is 10.0. The van der Waals surface area contributed by atoms with Crippen LogP contribution in [0.4, 0.5) is 0 Å². The Morgan fingerprint density at radius 3 is 2.76 bits per heavy atom. The molecule has 3 atom stereocenters. The Morgan fingerprint density at radius 1 is 1.35 bits per heavy atom. The average molecular weight is 239 g/mol. The Morgan fingerprint density at radius 2 is 2.06 bits per heavy atom. The monoisotopic (exact) mass is 239 g/mol. The van der Waals surface area contributed by atoms with Gasteiger partial charge in [-0.1, -0.05) is 13.8 Å². The maximum atomic E-state index is 12.4. The van der Waals surface area contributed by atoms with Crippen LogP contribution in [-0.2, 0) is 4.79 Å². The lowest BCUT2D eigenvalue weighted by Gasteiger charge is -2.30. The van der Waals surface area contributed by atoms with E-state index in [2.05, 4.69) is 24.1 Å². The Balaban J connectivity index is 2.02. The standard InChI is InChI=1S/C13H25N3O/c1-9(2)7-12(14)13(17)16-10-3-4-11(16)8-15-6-5-10/h9-12,15H,3-8,14H2,1-2H3. The second-order valence-electron chi connectivity index (χ2n) is 5.86. The summed E-state index contributed by atoms with van der Waals surface area (Å²) < 4.78 is 0. The van der Waals surface area contributed by atoms with Gasteiger partial charge in [0.2, 0.25) is 5.91 Å². The van der Waals surface area contributed by atoms with Crippen molar-refractivity contribution in [3.63, 3.8) is 0 Å². The van der Waals surface area contributed by atoms with Crippen LogP contribution in [0.15, 0.2) is 0 Å². The fraction of sp³-hybridized carbons (Fsp3) is 0.923. The number of carbonyl (C=O) groups is 1. The van der Waals surface area contributed by atoms with Crippen LogP contribution in [0.3, 0.4) is 0 Å². The molecule has 0 radical (unpaired) electrons. The highest BCUT2D eigenvalue weighted by atomic mass is 16.2. The lowest BCUT2D eigenvalue weighted by molar-refractivity contribution is -0.135. The highest BCUT2D eigenvalue weighted by Gasteiger charge is 2.39. The summed E-state index contributed by atoms with van der Waals surface area (Å²) in [6, 6.07) is 0.505. The van der Waals surface area contributed by atoms with Crippen molar-refractivity contribution in [1.82, 2.24) is 10.2 Å². The van der Waals surface area contributed by atoms with Crippen LogP contribution < -0.4 is 11.1 Å². The fourth-order valence-electron chi connectivity index (χ4n) is 3.14. The summed E-state index contributed by atoms with van der Waals surface area (Å²) >= 11 is 0. The second kappa shape index (κ2) is 5.36. The van der Waals surface area contributed by atoms with Crippen LogP contribution in [-0.4, -0.2) is 42.0 Å². The zero-order valence-electron chi connectivity index (χ0n) is 11.0. The topological polar surface area (TPSA) is 58.4 Å². The van der Waals surface area contributed by atoms with Crippen molar-refractivity contribution in [2.45, 2.75) is 57.7 Å². The molecule has 17 heavy (non-hydrogen) atoms. The Hall–Kier alpha value is -0.610. The van der Waals surface area contributed by atoms with E-state index in [1.165, 1.54) is 0 Å². The Labute approximate surface area is 104 Å². The molecule has 3 unspecified atom stereocenters. The predicted octanol–water partition coefficient (Wildman–Crippen LogP) is 0.713. The van der Waals surface area contributed by atoms with Gasteiger partial charge in [0.15, 0.2) is 0 Å². The van der Waals surface area contributed by atoms with E-state index < -0.39 is 0 Å². The average Bonchev–Trinajstić information content (AvgIpc) is 2.50. The molecule has 2 rings (SSSR count). The van der Waals surface area contributed by atoms with Crippen LogP contribution in [0.5, 0.6) is 0 Å². The van der Waals surface area contributed by atoms with E-state index in [0.29, 0.717) is 18.0 Å². The second-order valence-corrected chi connectivity index (χ2v) is 5.86. The van der Waals surface area contributed by atoms with Gasteiger partial charge in [-0.3, -0.25) is 4.79 Å². The van der Waals surface area contributed by atoms with Crippen molar-refractivity contribution in [2.24, 2.45) is 11.7 Å². The van der Waals surface area contributed by atoms with Crippen molar-refractivity contribution in [1.29, 1.82) is 0 Å². The van der Waals surface area contributed by atoms with Gasteiger partial charge in [-0.15, -0.1) is 0 Å². The van der Waals surface area contributed by atoms with Crippen molar-refractivity contribution >= 4 is 5.91 Å². The third-order valence-electron chi connectivity index (χ3n) is 3.95. The summed E-state index contributed by atoms with van der Waals surface area (Å²) in [5.41, 5.74) is 6.04. The van der Waals surface area contributed by atoms with Gasteiger partial charge in [-0.05, 0) is 38.1 Å². The van der Waals surface area contributed by atoms with Gasteiger partial charge in [0.1, 0.15) is 0 Å². The summed E-state index contributed by atoms with van der Waals surface area (Å²) in [4.78, 5) is 14.5. The molecule has 0 aliphatic carbocycles. The number of fused-ring (bicyclic) bond motifs is 2. The summed E-state index contributed by atoms with van der Waals surface area (Å²) in [6.45, 7) is 6.21. The molecule has 0 aromatic carbocycles. The van der Waals surface area contributed by atoms with Crippen molar-refractivity contribution in [2.75, 3.05) is 13.1 Å². The molecule has 4 heteroatoms. The Kier molecular flexibility index (Phi) is 4.05. The molecular weight excluding hydrogens is 214 g/mol. The molecule has 2 saturated heterocycles. The summed E-state index contributed by atoms with van der Waals surface area (Å²) in [7, 11) is 0. The van der Waals surface area contributed by atoms with E-state index in [-0.39, 0.29) is 11.9 Å². The zero-order chi connectivity index (χ0) is 12.4. The molecule has 0 aromatic rings. The molecule has 2 heterocycles. The van der Waals surface area contributed by atoms with Gasteiger partial charge >= 0.3 is 0 Å². The molecule has 98 valence electrons. The molecule has 0 spiro atoms. The molecule has 1 amide bonds. The minimum absolute atomic E-state index is 0.176. The third kappa shape index (κ3) is 2.80. The van der Waals surface area contributed by atoms with E-state index in [4.69, 9.17) is 5.73 Å². The first kappa shape index (κ1) is 12.8. The van der Waals surface area contributed by atoms with Gasteiger partial charge in [-0.2, -0.15) is 0 Å². The molecule has 0 saturated carbocycles. The van der Waals surface area contributed by atoms with Crippen LogP contribution in [0.2, 0.25) is 0 Å². The molecule has 3 N–H and O–H groups in total. The smallest absolute Gasteiger partial charge is 0.240 e. The first-order valence-electron chi connectivity index (χ1n) is 6.88. The molecule has 2 aliphatic heterocycles. The molecule has 2 bridgehead atoms. The minimum Gasteiger partial charge on any atom is -0.334 e. The number of nitrogens with one attached hydrogen (secondary N) is 1. The third-order valence-corrected chi connectivity index (χ3v) is 3.95. The van der Waals surface area contributed by atoms with E-state index in [1.54, 1.807) is 0 Å². The number of hydrogen-bond donors (Lipinski definition) is 2. The van der Waals surface area contributed by atoms with E-state index in [1.807, 2.05) is 0 Å². The maximum absolute atomic E-state index is 12.4. The van der Waals surface area contributed by atoms with Crippen LogP contribution in [0, 0.1) is 5.92 Å². The SMILES string of the molecule is CC(C)CC(N)C(=O)N1C2CCNCC1CC2. The summed E-state index contributed by atoms with van der Waals surface area (Å²) in [5, 5.41) is 3.41. The number of rotatable bonds is 3. The lowest BCUT2D eigenvalue weighted by Crippen LogP contribution is -2.50. The number of amides is 1. The number of hydrogen-bond acceptors (Lipinski definition) is 3. The number of carbonyl (C=O) groups excluding carboxylic acids is 1. The van der Waals surface area contributed by atoms with Gasteiger partial charge in [0, 0.05) is 18.6 Å². The van der Waals surface area contributed by atoms with Gasteiger partial charge in [0.05, 0.1) is 6.04 Å². The Bertz CT molecular complexity index is 266. The molecule has 0 aromatic heterocycles. The number of nitrogens with two attached hydrogens (primary N) is 1. The normalized spacial score (nSPS) is 30.5. The van der Waals surface area contributed by atoms with Crippen molar-refractivity contribution < 1.29 is 4.79 Å². The van der Waals surface area contributed by atoms with Crippen LogP contribution in [0.1, 0.15) is 39.5 Å². The van der Waals surface area contributed by atoms with Crippen molar-refractivity contribution in [3.8, 4) is 0 Å². The largest absolute Gasteiger partial charge is 0.334 e. The molecule has 2 fully saturated rings. The van der Waals surface area contributed by atoms with E-state index in [9.17, 15) is 4.79 Å². The molecular formula is C13H25N3O. The quantitative estimate of drug-likeness (QED) is 0.762. The van der Waals surface area contributed by atoms with Gasteiger partial charge in [-0.25, -0.2) is 0 Å². The highest BCUT2D eigenvalue weighted by molar-refractivity contribution is 5.82. The van der Waals surface area contributed by atoms with E-state index >= 15 is 0 Å². The first-order chi connectivity index (χ1) is 8.09. The molecule has 4 nitrogen and oxygen atoms in total.